The van der Waals surface area contributed by atoms with Crippen LogP contribution in [-0.4, -0.2) is 6.54 Å². The molecule has 1 nitrogen and oxygen atoms in total. The predicted octanol–water partition coefficient (Wildman–Crippen LogP) is 0.796. The topological polar surface area (TPSA) is 26.0 Å². The Kier molecular flexibility index (Phi) is 3.42. The number of hydrogen-bond donors (Lipinski definition) is 1. The van der Waals surface area contributed by atoms with Crippen LogP contribution in [0.5, 0.6) is 0 Å². The minimum Gasteiger partial charge on any atom is -1.00 e. The second-order valence-electron chi connectivity index (χ2n) is 7.81. The summed E-state index contributed by atoms with van der Waals surface area (Å²) in [5.74, 6) is 1.90. The van der Waals surface area contributed by atoms with Crippen molar-refractivity contribution in [1.82, 2.24) is 0 Å². The van der Waals surface area contributed by atoms with Gasteiger partial charge in [0.1, 0.15) is 0 Å². The fraction of sp³-hybridized carbons (Fsp3) is 0.667. The quantitative estimate of drug-likeness (QED) is 0.857. The Morgan fingerprint density at radius 2 is 1.65 bits per heavy atom. The van der Waals surface area contributed by atoms with Crippen LogP contribution in [0.3, 0.4) is 0 Å². The van der Waals surface area contributed by atoms with E-state index in [4.69, 9.17) is 5.73 Å². The lowest BCUT2D eigenvalue weighted by atomic mass is 9.43. The van der Waals surface area contributed by atoms with Crippen molar-refractivity contribution in [3.63, 3.8) is 0 Å². The highest BCUT2D eigenvalue weighted by atomic mass is 35.5. The summed E-state index contributed by atoms with van der Waals surface area (Å²) in [6.07, 6.45) is 8.51. The van der Waals surface area contributed by atoms with Gasteiger partial charge < -0.3 is 18.1 Å². The summed E-state index contributed by atoms with van der Waals surface area (Å²) < 4.78 is 0. The summed E-state index contributed by atoms with van der Waals surface area (Å²) in [6.45, 7) is 3.10. The number of nitrogens with two attached hydrogens (primary N) is 1. The minimum atomic E-state index is 0. The predicted molar refractivity (Wildman–Crippen MR) is 79.0 cm³/mol. The maximum absolute atomic E-state index is 6.19. The first-order chi connectivity index (χ1) is 9.13. The number of benzene rings is 1. The highest BCUT2D eigenvalue weighted by Gasteiger charge is 2.57. The van der Waals surface area contributed by atoms with E-state index in [1.807, 2.05) is 0 Å². The summed E-state index contributed by atoms with van der Waals surface area (Å²) in [7, 11) is 0. The second kappa shape index (κ2) is 4.74. The molecule has 0 saturated heterocycles. The van der Waals surface area contributed by atoms with E-state index in [0.717, 1.165) is 18.4 Å². The molecule has 0 spiro atoms. The van der Waals surface area contributed by atoms with Crippen LogP contribution in [0.1, 0.15) is 49.7 Å². The van der Waals surface area contributed by atoms with Gasteiger partial charge >= 0.3 is 0 Å². The van der Waals surface area contributed by atoms with Gasteiger partial charge in [-0.1, -0.05) is 29.8 Å². The smallest absolute Gasteiger partial charge is 0.00200 e. The van der Waals surface area contributed by atoms with Gasteiger partial charge in [0.25, 0.3) is 0 Å². The summed E-state index contributed by atoms with van der Waals surface area (Å²) in [5, 5.41) is 0. The molecular weight excluding hydrogens is 266 g/mol. The third kappa shape index (κ3) is 2.02. The number of aryl methyl sites for hydroxylation is 1. The van der Waals surface area contributed by atoms with Crippen LogP contribution in [0.15, 0.2) is 24.3 Å². The Bertz CT molecular complexity index is 479. The molecule has 0 heterocycles. The number of hydrogen-bond acceptors (Lipinski definition) is 1. The third-order valence-electron chi connectivity index (χ3n) is 6.28. The molecule has 0 radical (unpaired) electrons. The molecule has 4 fully saturated rings. The third-order valence-corrected chi connectivity index (χ3v) is 6.28. The maximum Gasteiger partial charge on any atom is -0.00200 e. The van der Waals surface area contributed by atoms with E-state index in [1.54, 1.807) is 5.56 Å². The molecule has 0 amide bonds. The Labute approximate surface area is 128 Å². The highest BCUT2D eigenvalue weighted by Crippen LogP contribution is 2.65. The second-order valence-corrected chi connectivity index (χ2v) is 7.81. The van der Waals surface area contributed by atoms with Gasteiger partial charge in [0.05, 0.1) is 0 Å². The average molecular weight is 291 g/mol. The van der Waals surface area contributed by atoms with E-state index in [-0.39, 0.29) is 12.4 Å². The Balaban J connectivity index is 0.00000121. The normalized spacial score (nSPS) is 41.5. The molecule has 0 aliphatic heterocycles. The lowest BCUT2D eigenvalue weighted by molar-refractivity contribution is -0.0667. The molecule has 4 bridgehead atoms. The van der Waals surface area contributed by atoms with Crippen molar-refractivity contribution in [2.24, 2.45) is 23.0 Å². The first-order valence-corrected chi connectivity index (χ1v) is 7.90. The molecule has 4 saturated carbocycles. The zero-order valence-corrected chi connectivity index (χ0v) is 13.1. The fourth-order valence-corrected chi connectivity index (χ4v) is 5.94. The molecule has 2 unspecified atom stereocenters. The number of rotatable bonds is 2. The molecule has 2 atom stereocenters. The van der Waals surface area contributed by atoms with Crippen molar-refractivity contribution in [3.8, 4) is 0 Å². The lowest BCUT2D eigenvalue weighted by Gasteiger charge is -2.62. The van der Waals surface area contributed by atoms with Crippen molar-refractivity contribution < 1.29 is 12.4 Å². The first kappa shape index (κ1) is 14.4. The average Bonchev–Trinajstić information content (AvgIpc) is 2.38. The van der Waals surface area contributed by atoms with Gasteiger partial charge in [0, 0.05) is 0 Å². The van der Waals surface area contributed by atoms with Crippen molar-refractivity contribution in [2.45, 2.75) is 50.9 Å². The van der Waals surface area contributed by atoms with Crippen molar-refractivity contribution in [3.05, 3.63) is 35.4 Å². The molecule has 2 heteroatoms. The van der Waals surface area contributed by atoms with E-state index < -0.39 is 0 Å². The van der Waals surface area contributed by atoms with Crippen LogP contribution >= 0.6 is 0 Å². The molecule has 5 rings (SSSR count). The monoisotopic (exact) mass is 290 g/mol. The van der Waals surface area contributed by atoms with Gasteiger partial charge in [0.2, 0.25) is 0 Å². The molecule has 1 aromatic rings. The van der Waals surface area contributed by atoms with E-state index in [9.17, 15) is 0 Å². The van der Waals surface area contributed by atoms with Crippen LogP contribution in [0.2, 0.25) is 0 Å². The standard InChI is InChI=1S/C18H25N.ClH/c1-13-2-4-16(5-3-13)18-9-14-6-15(10-18)8-17(7-14,11-18)12-19;/h2-5,14-15H,6-12,19H2,1H3;1H/p-1. The molecule has 2 N–H and O–H groups in total. The summed E-state index contributed by atoms with van der Waals surface area (Å²) >= 11 is 0. The van der Waals surface area contributed by atoms with Gasteiger partial charge in [-0.25, -0.2) is 0 Å². The van der Waals surface area contributed by atoms with Crippen LogP contribution < -0.4 is 18.1 Å². The first-order valence-electron chi connectivity index (χ1n) is 7.90. The summed E-state index contributed by atoms with van der Waals surface area (Å²) in [5.41, 5.74) is 10.1. The maximum atomic E-state index is 6.19. The zero-order valence-electron chi connectivity index (χ0n) is 12.4. The van der Waals surface area contributed by atoms with Gasteiger partial charge in [-0.3, -0.25) is 0 Å². The van der Waals surface area contributed by atoms with E-state index >= 15 is 0 Å². The van der Waals surface area contributed by atoms with Crippen LogP contribution in [0.25, 0.3) is 0 Å². The largest absolute Gasteiger partial charge is 1.00 e. The van der Waals surface area contributed by atoms with Gasteiger partial charge in [-0.05, 0) is 80.2 Å². The molecule has 0 aromatic heterocycles. The summed E-state index contributed by atoms with van der Waals surface area (Å²) in [6, 6.07) is 9.38. The van der Waals surface area contributed by atoms with Crippen molar-refractivity contribution in [1.29, 1.82) is 0 Å². The Morgan fingerprint density at radius 1 is 1.05 bits per heavy atom. The SMILES string of the molecule is Cc1ccc(C23CC4CC(CC(CN)(C4)C2)C3)cc1.[Cl-]. The number of halogens is 1. The van der Waals surface area contributed by atoms with Crippen LogP contribution in [0.4, 0.5) is 0 Å². The minimum absolute atomic E-state index is 0. The molecule has 1 aromatic carbocycles. The fourth-order valence-electron chi connectivity index (χ4n) is 5.94. The molecular formula is C18H25ClN-. The van der Waals surface area contributed by atoms with Crippen molar-refractivity contribution >= 4 is 0 Å². The van der Waals surface area contributed by atoms with Gasteiger partial charge in [0.15, 0.2) is 0 Å². The molecule has 4 aliphatic carbocycles. The van der Waals surface area contributed by atoms with E-state index in [2.05, 4.69) is 31.2 Å². The summed E-state index contributed by atoms with van der Waals surface area (Å²) in [4.78, 5) is 0. The van der Waals surface area contributed by atoms with Crippen LogP contribution in [0, 0.1) is 24.2 Å². The highest BCUT2D eigenvalue weighted by molar-refractivity contribution is 5.32. The van der Waals surface area contributed by atoms with Crippen molar-refractivity contribution in [2.75, 3.05) is 6.54 Å². The molecule has 20 heavy (non-hydrogen) atoms. The zero-order chi connectivity index (χ0) is 13.1. The lowest BCUT2D eigenvalue weighted by Crippen LogP contribution is -3.00. The van der Waals surface area contributed by atoms with E-state index in [0.29, 0.717) is 10.8 Å². The Morgan fingerprint density at radius 3 is 2.20 bits per heavy atom. The van der Waals surface area contributed by atoms with Gasteiger partial charge in [-0.2, -0.15) is 0 Å². The van der Waals surface area contributed by atoms with E-state index in [1.165, 1.54) is 44.1 Å². The van der Waals surface area contributed by atoms with Crippen LogP contribution in [-0.2, 0) is 5.41 Å². The van der Waals surface area contributed by atoms with Gasteiger partial charge in [-0.15, -0.1) is 0 Å². The molecule has 110 valence electrons. The Hall–Kier alpha value is -0.530. The molecule has 4 aliphatic rings.